The lowest BCUT2D eigenvalue weighted by atomic mass is 10.2. The lowest BCUT2D eigenvalue weighted by molar-refractivity contribution is -0.115. The summed E-state index contributed by atoms with van der Waals surface area (Å²) >= 11 is 11.0. The van der Waals surface area contributed by atoms with Crippen LogP contribution in [0.2, 0.25) is 5.02 Å². The smallest absolute Gasteiger partial charge is 0.269 e. The molecule has 2 rings (SSSR count). The first kappa shape index (κ1) is 21.2. The van der Waals surface area contributed by atoms with Crippen molar-refractivity contribution in [2.24, 2.45) is 0 Å². The third-order valence-electron chi connectivity index (χ3n) is 3.49. The summed E-state index contributed by atoms with van der Waals surface area (Å²) in [7, 11) is 2.97. The summed E-state index contributed by atoms with van der Waals surface area (Å²) in [5, 5.41) is 2.86. The lowest BCUT2D eigenvalue weighted by Crippen LogP contribution is -2.48. The second-order valence-corrected chi connectivity index (χ2v) is 6.14. The predicted octanol–water partition coefficient (Wildman–Crippen LogP) is 2.71. The summed E-state index contributed by atoms with van der Waals surface area (Å²) in [4.78, 5) is 24.1. The van der Waals surface area contributed by atoms with Crippen LogP contribution in [0.4, 0.5) is 0 Å². The van der Waals surface area contributed by atoms with Gasteiger partial charge >= 0.3 is 0 Å². The molecule has 0 radical (unpaired) electrons. The highest BCUT2D eigenvalue weighted by Crippen LogP contribution is 2.27. The van der Waals surface area contributed by atoms with E-state index in [9.17, 15) is 9.59 Å². The molecule has 0 aliphatic carbocycles. The molecule has 146 valence electrons. The molecule has 0 spiro atoms. The number of halogens is 1. The Labute approximate surface area is 172 Å². The molecule has 0 unspecified atom stereocenters. The van der Waals surface area contributed by atoms with E-state index in [1.807, 2.05) is 0 Å². The second-order valence-electron chi connectivity index (χ2n) is 5.32. The number of carbonyl (C=O) groups is 2. The monoisotopic (exact) mass is 419 g/mol. The van der Waals surface area contributed by atoms with Crippen LogP contribution in [0.5, 0.6) is 11.5 Å². The number of ether oxygens (including phenoxy) is 2. The molecule has 0 fully saturated rings. The lowest BCUT2D eigenvalue weighted by Gasteiger charge is -2.11. The molecule has 0 saturated heterocycles. The predicted molar refractivity (Wildman–Crippen MR) is 111 cm³/mol. The summed E-state index contributed by atoms with van der Waals surface area (Å²) in [6, 6.07) is 11.8. The Morgan fingerprint density at radius 1 is 1.04 bits per heavy atom. The van der Waals surface area contributed by atoms with Crippen LogP contribution in [0.1, 0.15) is 15.9 Å². The minimum absolute atomic E-state index is 0.0670. The highest BCUT2D eigenvalue weighted by molar-refractivity contribution is 7.80. The number of thiocarbonyl (C=S) groups is 1. The molecule has 9 heteroatoms. The normalized spacial score (nSPS) is 10.2. The van der Waals surface area contributed by atoms with Crippen molar-refractivity contribution < 1.29 is 19.1 Å². The minimum Gasteiger partial charge on any atom is -0.493 e. The Kier molecular flexibility index (Phi) is 7.79. The molecule has 0 heterocycles. The van der Waals surface area contributed by atoms with Crippen LogP contribution < -0.4 is 25.6 Å². The second kappa shape index (κ2) is 10.3. The third-order valence-corrected chi connectivity index (χ3v) is 4.04. The van der Waals surface area contributed by atoms with Gasteiger partial charge in [0.25, 0.3) is 5.91 Å². The number of hydrogen-bond donors (Lipinski definition) is 3. The minimum atomic E-state index is -0.474. The van der Waals surface area contributed by atoms with E-state index in [0.717, 1.165) is 0 Å². The Bertz CT molecular complexity index is 918. The van der Waals surface area contributed by atoms with Gasteiger partial charge in [-0.3, -0.25) is 25.8 Å². The fraction of sp³-hybridized carbons (Fsp3) is 0.105. The highest BCUT2D eigenvalue weighted by Gasteiger charge is 2.11. The first-order chi connectivity index (χ1) is 13.4. The van der Waals surface area contributed by atoms with Crippen molar-refractivity contribution in [3.8, 4) is 11.5 Å². The summed E-state index contributed by atoms with van der Waals surface area (Å²) in [6.45, 7) is 0. The van der Waals surface area contributed by atoms with Gasteiger partial charge in [0, 0.05) is 16.7 Å². The van der Waals surface area contributed by atoms with Gasteiger partial charge in [-0.15, -0.1) is 0 Å². The maximum absolute atomic E-state index is 12.2. The quantitative estimate of drug-likeness (QED) is 0.392. The average Bonchev–Trinajstić information content (AvgIpc) is 2.70. The summed E-state index contributed by atoms with van der Waals surface area (Å²) in [5.74, 6) is -0.0298. The Morgan fingerprint density at radius 2 is 1.75 bits per heavy atom. The van der Waals surface area contributed by atoms with Gasteiger partial charge in [-0.05, 0) is 48.1 Å². The van der Waals surface area contributed by atoms with E-state index in [1.165, 1.54) is 26.4 Å². The van der Waals surface area contributed by atoms with E-state index < -0.39 is 11.8 Å². The molecule has 0 saturated carbocycles. The van der Waals surface area contributed by atoms with E-state index in [0.29, 0.717) is 27.6 Å². The zero-order valence-electron chi connectivity index (χ0n) is 15.1. The molecule has 0 bridgehead atoms. The van der Waals surface area contributed by atoms with Crippen LogP contribution >= 0.6 is 23.8 Å². The number of benzene rings is 2. The Balaban J connectivity index is 1.87. The van der Waals surface area contributed by atoms with Crippen molar-refractivity contribution in [1.29, 1.82) is 0 Å². The molecule has 2 aromatic carbocycles. The molecule has 28 heavy (non-hydrogen) atoms. The summed E-state index contributed by atoms with van der Waals surface area (Å²) < 4.78 is 10.3. The number of hydrogen-bond acceptors (Lipinski definition) is 5. The Hall–Kier alpha value is -3.10. The van der Waals surface area contributed by atoms with Gasteiger partial charge in [-0.1, -0.05) is 29.8 Å². The van der Waals surface area contributed by atoms with Crippen LogP contribution in [-0.4, -0.2) is 31.1 Å². The molecular formula is C19H18ClN3O4S. The maximum Gasteiger partial charge on any atom is 0.269 e. The average molecular weight is 420 g/mol. The van der Waals surface area contributed by atoms with E-state index in [2.05, 4.69) is 16.2 Å². The number of carbonyl (C=O) groups excluding carboxylic acids is 2. The summed E-state index contributed by atoms with van der Waals surface area (Å²) in [5.41, 5.74) is 5.86. The molecule has 2 aromatic rings. The zero-order chi connectivity index (χ0) is 20.5. The van der Waals surface area contributed by atoms with Crippen molar-refractivity contribution in [3.05, 3.63) is 64.7 Å². The Morgan fingerprint density at radius 3 is 2.43 bits per heavy atom. The van der Waals surface area contributed by atoms with Crippen LogP contribution in [0.3, 0.4) is 0 Å². The van der Waals surface area contributed by atoms with Gasteiger partial charge in [0.2, 0.25) is 5.91 Å². The fourth-order valence-electron chi connectivity index (χ4n) is 2.12. The van der Waals surface area contributed by atoms with Crippen molar-refractivity contribution in [3.63, 3.8) is 0 Å². The van der Waals surface area contributed by atoms with Gasteiger partial charge in [-0.2, -0.15) is 0 Å². The molecular weight excluding hydrogens is 402 g/mol. The van der Waals surface area contributed by atoms with Gasteiger partial charge in [-0.25, -0.2) is 0 Å². The van der Waals surface area contributed by atoms with Gasteiger partial charge in [0.15, 0.2) is 16.6 Å². The molecule has 0 aliphatic rings. The standard InChI is InChI=1S/C19H18ClN3O4S/c1-26-15-9-7-13(11-16(15)27-2)18(25)22-23-19(28)21-17(24)10-8-12-5-3-4-6-14(12)20/h3-11H,1-2H3,(H,22,25)(H2,21,23,24,28). The molecule has 3 N–H and O–H groups in total. The van der Waals surface area contributed by atoms with Crippen LogP contribution in [0, 0.1) is 0 Å². The number of nitrogens with one attached hydrogen (secondary N) is 3. The number of rotatable bonds is 5. The third kappa shape index (κ3) is 5.97. The molecule has 0 aliphatic heterocycles. The van der Waals surface area contributed by atoms with Gasteiger partial charge in [0.05, 0.1) is 14.2 Å². The van der Waals surface area contributed by atoms with Crippen molar-refractivity contribution >= 4 is 46.8 Å². The van der Waals surface area contributed by atoms with Crippen LogP contribution in [0.15, 0.2) is 48.5 Å². The SMILES string of the molecule is COc1ccc(C(=O)NNC(=S)NC(=O)C=Cc2ccccc2Cl)cc1OC. The highest BCUT2D eigenvalue weighted by atomic mass is 35.5. The molecule has 0 aromatic heterocycles. The van der Waals surface area contributed by atoms with Crippen molar-refractivity contribution in [2.75, 3.05) is 14.2 Å². The largest absolute Gasteiger partial charge is 0.493 e. The number of methoxy groups -OCH3 is 2. The fourth-order valence-corrected chi connectivity index (χ4v) is 2.47. The first-order valence-corrected chi connectivity index (χ1v) is 8.79. The van der Waals surface area contributed by atoms with Gasteiger partial charge < -0.3 is 9.47 Å². The van der Waals surface area contributed by atoms with Crippen LogP contribution in [-0.2, 0) is 4.79 Å². The zero-order valence-corrected chi connectivity index (χ0v) is 16.7. The van der Waals surface area contributed by atoms with Gasteiger partial charge in [0.1, 0.15) is 0 Å². The maximum atomic E-state index is 12.2. The molecule has 2 amide bonds. The molecule has 7 nitrogen and oxygen atoms in total. The number of hydrazine groups is 1. The van der Waals surface area contributed by atoms with Crippen LogP contribution in [0.25, 0.3) is 6.08 Å². The van der Waals surface area contributed by atoms with Crippen molar-refractivity contribution in [2.45, 2.75) is 0 Å². The number of amides is 2. The van der Waals surface area contributed by atoms with Crippen molar-refractivity contribution in [1.82, 2.24) is 16.2 Å². The van der Waals surface area contributed by atoms with E-state index in [-0.39, 0.29) is 5.11 Å². The summed E-state index contributed by atoms with van der Waals surface area (Å²) in [6.07, 6.45) is 2.84. The van der Waals surface area contributed by atoms with E-state index in [1.54, 1.807) is 42.5 Å². The first-order valence-electron chi connectivity index (χ1n) is 8.00. The van der Waals surface area contributed by atoms with E-state index >= 15 is 0 Å². The topological polar surface area (TPSA) is 88.7 Å². The molecule has 0 atom stereocenters. The van der Waals surface area contributed by atoms with E-state index in [4.69, 9.17) is 33.3 Å².